The van der Waals surface area contributed by atoms with Crippen LogP contribution in [0.15, 0.2) is 36.5 Å². The van der Waals surface area contributed by atoms with Gasteiger partial charge in [0.25, 0.3) is 0 Å². The molecule has 0 unspecified atom stereocenters. The Kier molecular flexibility index (Phi) is 2.90. The Morgan fingerprint density at radius 2 is 2.06 bits per heavy atom. The van der Waals surface area contributed by atoms with Crippen LogP contribution in [0, 0.1) is 0 Å². The summed E-state index contributed by atoms with van der Waals surface area (Å²) in [5.74, 6) is 1.07. The second-order valence-electron chi connectivity index (χ2n) is 4.57. The van der Waals surface area contributed by atoms with Gasteiger partial charge < -0.3 is 16.4 Å². The molecule has 0 bridgehead atoms. The van der Waals surface area contributed by atoms with Crippen LogP contribution in [-0.4, -0.2) is 22.9 Å². The standard InChI is InChI=1S/C13H17N5/c14-11-3-1-10(2-4-11)7-16-13-5-6-17-18(13)12-8-15-9-12/h1-6,12,15-16H,7-9,14H2. The Hall–Kier alpha value is -2.01. The molecule has 18 heavy (non-hydrogen) atoms. The van der Waals surface area contributed by atoms with E-state index >= 15 is 0 Å². The molecule has 5 nitrogen and oxygen atoms in total. The van der Waals surface area contributed by atoms with Crippen molar-refractivity contribution in [2.45, 2.75) is 12.6 Å². The topological polar surface area (TPSA) is 67.9 Å². The van der Waals surface area contributed by atoms with Gasteiger partial charge in [0.15, 0.2) is 0 Å². The molecule has 0 aliphatic carbocycles. The Morgan fingerprint density at radius 3 is 2.72 bits per heavy atom. The minimum atomic E-state index is 0.480. The Morgan fingerprint density at radius 1 is 1.28 bits per heavy atom. The van der Waals surface area contributed by atoms with Gasteiger partial charge in [0, 0.05) is 31.4 Å². The zero-order valence-electron chi connectivity index (χ0n) is 10.1. The van der Waals surface area contributed by atoms with Crippen molar-refractivity contribution in [3.8, 4) is 0 Å². The van der Waals surface area contributed by atoms with Crippen LogP contribution in [0.3, 0.4) is 0 Å². The molecule has 0 amide bonds. The molecule has 0 spiro atoms. The van der Waals surface area contributed by atoms with E-state index in [0.29, 0.717) is 6.04 Å². The number of anilines is 2. The lowest BCUT2D eigenvalue weighted by Crippen LogP contribution is -2.44. The van der Waals surface area contributed by atoms with Gasteiger partial charge >= 0.3 is 0 Å². The zero-order valence-corrected chi connectivity index (χ0v) is 10.1. The van der Waals surface area contributed by atoms with E-state index in [4.69, 9.17) is 5.73 Å². The summed E-state index contributed by atoms with van der Waals surface area (Å²) in [6, 6.07) is 10.4. The average Bonchev–Trinajstić information content (AvgIpc) is 2.74. The van der Waals surface area contributed by atoms with E-state index in [2.05, 4.69) is 15.7 Å². The number of hydrogen-bond acceptors (Lipinski definition) is 4. The van der Waals surface area contributed by atoms with Crippen molar-refractivity contribution >= 4 is 11.5 Å². The van der Waals surface area contributed by atoms with Gasteiger partial charge in [0.2, 0.25) is 0 Å². The highest BCUT2D eigenvalue weighted by atomic mass is 15.4. The molecule has 1 aromatic heterocycles. The number of benzene rings is 1. The van der Waals surface area contributed by atoms with Gasteiger partial charge in [-0.15, -0.1) is 0 Å². The molecule has 1 saturated heterocycles. The molecule has 5 heteroatoms. The molecule has 3 rings (SSSR count). The van der Waals surface area contributed by atoms with Gasteiger partial charge in [-0.05, 0) is 17.7 Å². The molecular formula is C13H17N5. The molecule has 4 N–H and O–H groups in total. The quantitative estimate of drug-likeness (QED) is 0.706. The van der Waals surface area contributed by atoms with Crippen molar-refractivity contribution in [2.24, 2.45) is 0 Å². The maximum absolute atomic E-state index is 5.67. The van der Waals surface area contributed by atoms with E-state index in [0.717, 1.165) is 31.1 Å². The predicted octanol–water partition coefficient (Wildman–Crippen LogP) is 1.22. The summed E-state index contributed by atoms with van der Waals surface area (Å²) >= 11 is 0. The SMILES string of the molecule is Nc1ccc(CNc2ccnn2C2CNC2)cc1. The third kappa shape index (κ3) is 2.17. The van der Waals surface area contributed by atoms with Crippen LogP contribution < -0.4 is 16.4 Å². The van der Waals surface area contributed by atoms with Gasteiger partial charge in [-0.2, -0.15) is 5.10 Å². The van der Waals surface area contributed by atoms with E-state index < -0.39 is 0 Å². The van der Waals surface area contributed by atoms with Crippen LogP contribution in [-0.2, 0) is 6.54 Å². The summed E-state index contributed by atoms with van der Waals surface area (Å²) in [6.45, 7) is 2.78. The molecule has 1 fully saturated rings. The molecule has 0 saturated carbocycles. The van der Waals surface area contributed by atoms with Crippen LogP contribution in [0.5, 0.6) is 0 Å². The molecule has 1 aliphatic heterocycles. The number of hydrogen-bond donors (Lipinski definition) is 3. The molecule has 0 radical (unpaired) electrons. The summed E-state index contributed by atoms with van der Waals surface area (Å²) in [5, 5.41) is 11.0. The molecule has 2 heterocycles. The van der Waals surface area contributed by atoms with Gasteiger partial charge in [0.05, 0.1) is 12.2 Å². The van der Waals surface area contributed by atoms with Crippen molar-refractivity contribution in [1.82, 2.24) is 15.1 Å². The predicted molar refractivity (Wildman–Crippen MR) is 72.3 cm³/mol. The van der Waals surface area contributed by atoms with Crippen LogP contribution in [0.1, 0.15) is 11.6 Å². The normalized spacial score (nSPS) is 15.3. The number of nitrogens with zero attached hydrogens (tertiary/aromatic N) is 2. The van der Waals surface area contributed by atoms with Crippen LogP contribution >= 0.6 is 0 Å². The first-order chi connectivity index (χ1) is 8.83. The monoisotopic (exact) mass is 243 g/mol. The molecule has 94 valence electrons. The van der Waals surface area contributed by atoms with Crippen molar-refractivity contribution < 1.29 is 0 Å². The lowest BCUT2D eigenvalue weighted by atomic mass is 10.2. The average molecular weight is 243 g/mol. The highest BCUT2D eigenvalue weighted by Gasteiger charge is 2.21. The zero-order chi connectivity index (χ0) is 12.4. The first-order valence-electron chi connectivity index (χ1n) is 6.15. The van der Waals surface area contributed by atoms with E-state index in [9.17, 15) is 0 Å². The minimum Gasteiger partial charge on any atom is -0.399 e. The van der Waals surface area contributed by atoms with Gasteiger partial charge in [-0.1, -0.05) is 12.1 Å². The highest BCUT2D eigenvalue weighted by Crippen LogP contribution is 2.18. The molecule has 2 aromatic rings. The lowest BCUT2D eigenvalue weighted by molar-refractivity contribution is 0.321. The highest BCUT2D eigenvalue weighted by molar-refractivity contribution is 5.41. The van der Waals surface area contributed by atoms with Gasteiger partial charge in [-0.3, -0.25) is 0 Å². The van der Waals surface area contributed by atoms with Gasteiger partial charge in [0.1, 0.15) is 5.82 Å². The van der Waals surface area contributed by atoms with Crippen LogP contribution in [0.2, 0.25) is 0 Å². The second kappa shape index (κ2) is 4.70. The summed E-state index contributed by atoms with van der Waals surface area (Å²) in [5.41, 5.74) is 7.67. The maximum Gasteiger partial charge on any atom is 0.124 e. The fraction of sp³-hybridized carbons (Fsp3) is 0.308. The van der Waals surface area contributed by atoms with E-state index in [1.807, 2.05) is 41.2 Å². The smallest absolute Gasteiger partial charge is 0.124 e. The van der Waals surface area contributed by atoms with Gasteiger partial charge in [-0.25, -0.2) is 4.68 Å². The van der Waals surface area contributed by atoms with Crippen molar-refractivity contribution in [3.63, 3.8) is 0 Å². The minimum absolute atomic E-state index is 0.480. The molecule has 1 aliphatic rings. The summed E-state index contributed by atoms with van der Waals surface area (Å²) in [6.07, 6.45) is 1.84. The number of rotatable bonds is 4. The first kappa shape index (κ1) is 11.1. The summed E-state index contributed by atoms with van der Waals surface area (Å²) in [4.78, 5) is 0. The summed E-state index contributed by atoms with van der Waals surface area (Å²) in [7, 11) is 0. The van der Waals surface area contributed by atoms with E-state index in [1.165, 1.54) is 5.56 Å². The first-order valence-corrected chi connectivity index (χ1v) is 6.15. The second-order valence-corrected chi connectivity index (χ2v) is 4.57. The molecule has 1 aromatic carbocycles. The lowest BCUT2D eigenvalue weighted by Gasteiger charge is -2.28. The third-order valence-corrected chi connectivity index (χ3v) is 3.23. The number of aromatic nitrogens is 2. The maximum atomic E-state index is 5.67. The molecule has 0 atom stereocenters. The van der Waals surface area contributed by atoms with E-state index in [1.54, 1.807) is 0 Å². The fourth-order valence-corrected chi connectivity index (χ4v) is 2.02. The summed E-state index contributed by atoms with van der Waals surface area (Å²) < 4.78 is 2.05. The van der Waals surface area contributed by atoms with E-state index in [-0.39, 0.29) is 0 Å². The largest absolute Gasteiger partial charge is 0.399 e. The fourth-order valence-electron chi connectivity index (χ4n) is 2.02. The third-order valence-electron chi connectivity index (χ3n) is 3.23. The van der Waals surface area contributed by atoms with Crippen molar-refractivity contribution in [2.75, 3.05) is 24.1 Å². The number of nitrogens with two attached hydrogens (primary N) is 1. The Bertz CT molecular complexity index is 512. The number of nitrogens with one attached hydrogen (secondary N) is 2. The Labute approximate surface area is 106 Å². The number of nitrogen functional groups attached to an aromatic ring is 1. The van der Waals surface area contributed by atoms with Crippen LogP contribution in [0.25, 0.3) is 0 Å². The Balaban J connectivity index is 1.66. The van der Waals surface area contributed by atoms with Crippen LogP contribution in [0.4, 0.5) is 11.5 Å². The molecular weight excluding hydrogens is 226 g/mol. The van der Waals surface area contributed by atoms with Crippen molar-refractivity contribution in [3.05, 3.63) is 42.1 Å². The van der Waals surface area contributed by atoms with Crippen molar-refractivity contribution in [1.29, 1.82) is 0 Å².